The zero-order chi connectivity index (χ0) is 15.7. The average molecular weight is 361 g/mol. The normalized spacial score (nSPS) is 10.8. The number of aryl methyl sites for hydroxylation is 1. The highest BCUT2D eigenvalue weighted by molar-refractivity contribution is 9.10. The summed E-state index contributed by atoms with van der Waals surface area (Å²) < 4.78 is 2.19. The second kappa shape index (κ2) is 5.76. The molecule has 0 fully saturated rings. The first kappa shape index (κ1) is 14.5. The van der Waals surface area contributed by atoms with Crippen molar-refractivity contribution < 1.29 is 9.90 Å². The van der Waals surface area contributed by atoms with Crippen molar-refractivity contribution >= 4 is 27.5 Å². The van der Waals surface area contributed by atoms with Gasteiger partial charge in [-0.3, -0.25) is 4.79 Å². The topological polar surface area (TPSA) is 79.5 Å². The summed E-state index contributed by atoms with van der Waals surface area (Å²) in [6.07, 6.45) is 1.40. The van der Waals surface area contributed by atoms with Gasteiger partial charge in [0.05, 0.1) is 6.20 Å². The maximum atomic E-state index is 12.3. The lowest BCUT2D eigenvalue weighted by Crippen LogP contribution is -2.22. The summed E-state index contributed by atoms with van der Waals surface area (Å²) in [4.78, 5) is 16.6. The maximum Gasteiger partial charge on any atom is 0.257 e. The summed E-state index contributed by atoms with van der Waals surface area (Å²) in [6, 6.07) is 9.18. The van der Waals surface area contributed by atoms with Gasteiger partial charge >= 0.3 is 0 Å². The first-order chi connectivity index (χ1) is 10.5. The van der Waals surface area contributed by atoms with Gasteiger partial charge in [-0.1, -0.05) is 28.1 Å². The Kier molecular flexibility index (Phi) is 3.81. The Hall–Kier alpha value is -2.41. The minimum atomic E-state index is -0.285. The Morgan fingerprint density at radius 2 is 2.23 bits per heavy atom. The molecule has 1 amide bonds. The first-order valence-electron chi connectivity index (χ1n) is 6.61. The van der Waals surface area contributed by atoms with E-state index >= 15 is 0 Å². The van der Waals surface area contributed by atoms with Crippen molar-refractivity contribution in [2.45, 2.75) is 13.5 Å². The Balaban J connectivity index is 1.83. The third kappa shape index (κ3) is 2.80. The van der Waals surface area contributed by atoms with E-state index in [1.54, 1.807) is 6.92 Å². The lowest BCUT2D eigenvalue weighted by Gasteiger charge is -2.05. The van der Waals surface area contributed by atoms with Gasteiger partial charge in [-0.2, -0.15) is 9.61 Å². The van der Waals surface area contributed by atoms with Gasteiger partial charge in [-0.25, -0.2) is 4.98 Å². The molecule has 0 aliphatic heterocycles. The van der Waals surface area contributed by atoms with Gasteiger partial charge in [0.1, 0.15) is 5.56 Å². The Morgan fingerprint density at radius 1 is 1.41 bits per heavy atom. The highest BCUT2D eigenvalue weighted by Crippen LogP contribution is 2.16. The average Bonchev–Trinajstić information content (AvgIpc) is 2.89. The third-order valence-corrected chi connectivity index (χ3v) is 3.66. The molecular formula is C15H13BrN4O2. The standard InChI is InChI=1S/C15H13BrN4O2/c1-9-5-13(21)20-14(19-9)12(8-18-20)15(22)17-7-10-3-2-4-11(16)6-10/h2-6,8,21H,7H2,1H3,(H,17,22). The zero-order valence-electron chi connectivity index (χ0n) is 11.7. The minimum Gasteiger partial charge on any atom is -0.493 e. The van der Waals surface area contributed by atoms with E-state index in [0.29, 0.717) is 23.4 Å². The number of aromatic nitrogens is 3. The van der Waals surface area contributed by atoms with Crippen LogP contribution in [-0.2, 0) is 6.54 Å². The Morgan fingerprint density at radius 3 is 3.00 bits per heavy atom. The molecular weight excluding hydrogens is 348 g/mol. The van der Waals surface area contributed by atoms with Crippen molar-refractivity contribution in [3.05, 3.63) is 57.8 Å². The lowest BCUT2D eigenvalue weighted by atomic mass is 10.2. The zero-order valence-corrected chi connectivity index (χ0v) is 13.3. The molecule has 0 spiro atoms. The third-order valence-electron chi connectivity index (χ3n) is 3.17. The van der Waals surface area contributed by atoms with E-state index in [2.05, 4.69) is 31.3 Å². The fraction of sp³-hybridized carbons (Fsp3) is 0.133. The molecule has 1 aromatic carbocycles. The number of hydrogen-bond acceptors (Lipinski definition) is 4. The molecule has 0 saturated carbocycles. The molecule has 0 aliphatic carbocycles. The number of carbonyl (C=O) groups excluding carboxylic acids is 1. The summed E-state index contributed by atoms with van der Waals surface area (Å²) in [5.74, 6) is -0.332. The van der Waals surface area contributed by atoms with Crippen LogP contribution in [-0.4, -0.2) is 25.6 Å². The summed E-state index contributed by atoms with van der Waals surface area (Å²) in [7, 11) is 0. The van der Waals surface area contributed by atoms with Crippen molar-refractivity contribution in [2.24, 2.45) is 0 Å². The Labute approximate surface area is 134 Å². The van der Waals surface area contributed by atoms with Crippen LogP contribution in [0.3, 0.4) is 0 Å². The predicted octanol–water partition coefficient (Wildman–Crippen LogP) is 2.44. The van der Waals surface area contributed by atoms with Crippen molar-refractivity contribution in [1.82, 2.24) is 19.9 Å². The number of fused-ring (bicyclic) bond motifs is 1. The van der Waals surface area contributed by atoms with E-state index in [1.807, 2.05) is 24.3 Å². The molecule has 0 bridgehead atoms. The number of nitrogens with one attached hydrogen (secondary N) is 1. The number of halogens is 1. The molecule has 0 saturated heterocycles. The van der Waals surface area contributed by atoms with Crippen molar-refractivity contribution in [3.8, 4) is 5.88 Å². The summed E-state index contributed by atoms with van der Waals surface area (Å²) >= 11 is 3.39. The SMILES string of the molecule is Cc1cc(O)n2ncc(C(=O)NCc3cccc(Br)c3)c2n1. The molecule has 22 heavy (non-hydrogen) atoms. The largest absolute Gasteiger partial charge is 0.493 e. The predicted molar refractivity (Wildman–Crippen MR) is 84.7 cm³/mol. The van der Waals surface area contributed by atoms with E-state index in [0.717, 1.165) is 10.0 Å². The van der Waals surface area contributed by atoms with Gasteiger partial charge < -0.3 is 10.4 Å². The molecule has 0 radical (unpaired) electrons. The molecule has 6 nitrogen and oxygen atoms in total. The van der Waals surface area contributed by atoms with Crippen molar-refractivity contribution in [2.75, 3.05) is 0 Å². The molecule has 2 aromatic heterocycles. The van der Waals surface area contributed by atoms with E-state index < -0.39 is 0 Å². The van der Waals surface area contributed by atoms with Crippen molar-refractivity contribution in [3.63, 3.8) is 0 Å². The Bertz CT molecular complexity index is 860. The maximum absolute atomic E-state index is 12.3. The minimum absolute atomic E-state index is 0.0476. The van der Waals surface area contributed by atoms with Crippen LogP contribution in [0.4, 0.5) is 0 Å². The number of nitrogens with zero attached hydrogens (tertiary/aromatic N) is 3. The summed E-state index contributed by atoms with van der Waals surface area (Å²) in [6.45, 7) is 2.14. The molecule has 2 heterocycles. The number of rotatable bonds is 3. The quantitative estimate of drug-likeness (QED) is 0.751. The van der Waals surface area contributed by atoms with Gasteiger partial charge in [0, 0.05) is 22.8 Å². The molecule has 0 atom stereocenters. The van der Waals surface area contributed by atoms with Crippen LogP contribution in [0.5, 0.6) is 5.88 Å². The molecule has 0 unspecified atom stereocenters. The van der Waals surface area contributed by atoms with Crippen LogP contribution in [0, 0.1) is 6.92 Å². The van der Waals surface area contributed by atoms with E-state index in [1.165, 1.54) is 16.8 Å². The summed E-state index contributed by atoms with van der Waals surface area (Å²) in [5, 5.41) is 16.6. The molecule has 3 rings (SSSR count). The van der Waals surface area contributed by atoms with Gasteiger partial charge in [-0.15, -0.1) is 0 Å². The van der Waals surface area contributed by atoms with Crippen LogP contribution < -0.4 is 5.32 Å². The molecule has 3 aromatic rings. The fourth-order valence-corrected chi connectivity index (χ4v) is 2.60. The van der Waals surface area contributed by atoms with E-state index in [9.17, 15) is 9.90 Å². The fourth-order valence-electron chi connectivity index (χ4n) is 2.15. The van der Waals surface area contributed by atoms with Crippen LogP contribution in [0.2, 0.25) is 0 Å². The smallest absolute Gasteiger partial charge is 0.257 e. The second-order valence-electron chi connectivity index (χ2n) is 4.86. The molecule has 112 valence electrons. The highest BCUT2D eigenvalue weighted by atomic mass is 79.9. The van der Waals surface area contributed by atoms with Gasteiger partial charge in [0.25, 0.3) is 5.91 Å². The van der Waals surface area contributed by atoms with Crippen LogP contribution in [0.15, 0.2) is 41.0 Å². The second-order valence-corrected chi connectivity index (χ2v) is 5.78. The molecule has 2 N–H and O–H groups in total. The number of hydrogen-bond donors (Lipinski definition) is 2. The number of aromatic hydroxyl groups is 1. The molecule has 0 aliphatic rings. The highest BCUT2D eigenvalue weighted by Gasteiger charge is 2.16. The van der Waals surface area contributed by atoms with Crippen molar-refractivity contribution in [1.29, 1.82) is 0 Å². The first-order valence-corrected chi connectivity index (χ1v) is 7.41. The number of carbonyl (C=O) groups is 1. The monoisotopic (exact) mass is 360 g/mol. The van der Waals surface area contributed by atoms with Crippen LogP contribution in [0.25, 0.3) is 5.65 Å². The lowest BCUT2D eigenvalue weighted by molar-refractivity contribution is 0.0952. The van der Waals surface area contributed by atoms with Gasteiger partial charge in [0.2, 0.25) is 5.88 Å². The van der Waals surface area contributed by atoms with Crippen LogP contribution in [0.1, 0.15) is 21.6 Å². The van der Waals surface area contributed by atoms with Gasteiger partial charge in [0.15, 0.2) is 5.65 Å². The van der Waals surface area contributed by atoms with E-state index in [-0.39, 0.29) is 11.8 Å². The summed E-state index contributed by atoms with van der Waals surface area (Å²) in [5.41, 5.74) is 2.26. The van der Waals surface area contributed by atoms with Crippen LogP contribution >= 0.6 is 15.9 Å². The number of amides is 1. The van der Waals surface area contributed by atoms with E-state index in [4.69, 9.17) is 0 Å². The number of benzene rings is 1. The molecule has 7 heteroatoms. The van der Waals surface area contributed by atoms with Gasteiger partial charge in [-0.05, 0) is 24.6 Å².